The fraction of sp³-hybridized carbons (Fsp3) is 0.289. The van der Waals surface area contributed by atoms with Crippen LogP contribution in [-0.4, -0.2) is 42.9 Å². The van der Waals surface area contributed by atoms with Crippen molar-refractivity contribution in [2.24, 2.45) is 0 Å². The second-order valence-corrected chi connectivity index (χ2v) is 12.0. The summed E-state index contributed by atoms with van der Waals surface area (Å²) in [6.45, 7) is 5.57. The third-order valence-electron chi connectivity index (χ3n) is 7.08. The van der Waals surface area contributed by atoms with Crippen molar-refractivity contribution in [1.29, 1.82) is 0 Å². The van der Waals surface area contributed by atoms with E-state index in [0.717, 1.165) is 11.1 Å². The van der Waals surface area contributed by atoms with E-state index in [1.54, 1.807) is 69.3 Å². The number of carbonyl (C=O) groups is 3. The Labute approximate surface area is 275 Å². The van der Waals surface area contributed by atoms with Gasteiger partial charge in [0.25, 0.3) is 0 Å². The molecule has 0 spiro atoms. The summed E-state index contributed by atoms with van der Waals surface area (Å²) in [6, 6.07) is 33.3. The Morgan fingerprint density at radius 3 is 1.79 bits per heavy atom. The van der Waals surface area contributed by atoms with E-state index < -0.39 is 29.2 Å². The summed E-state index contributed by atoms with van der Waals surface area (Å²) in [5.41, 5.74) is 0.460. The summed E-state index contributed by atoms with van der Waals surface area (Å²) in [7, 11) is 1.23. The fourth-order valence-electron chi connectivity index (χ4n) is 4.80. The van der Waals surface area contributed by atoms with Gasteiger partial charge in [0.15, 0.2) is 11.5 Å². The SMILES string of the molecule is COC(=O)[C@@](CCOC(=O)c1ccccc1)(Cc1ccc(OCc2ccccc2)c(OCc2ccccc2)c1)NC(=O)OC(C)(C)C. The molecule has 0 heterocycles. The lowest BCUT2D eigenvalue weighted by molar-refractivity contribution is -0.149. The topological polar surface area (TPSA) is 109 Å². The molecule has 1 N–H and O–H groups in total. The summed E-state index contributed by atoms with van der Waals surface area (Å²) < 4.78 is 28.6. The van der Waals surface area contributed by atoms with Gasteiger partial charge in [-0.2, -0.15) is 0 Å². The van der Waals surface area contributed by atoms with Crippen LogP contribution >= 0.6 is 0 Å². The zero-order valence-electron chi connectivity index (χ0n) is 27.2. The predicted molar refractivity (Wildman–Crippen MR) is 177 cm³/mol. The van der Waals surface area contributed by atoms with E-state index in [-0.39, 0.29) is 26.1 Å². The second-order valence-electron chi connectivity index (χ2n) is 12.0. The molecule has 4 aromatic rings. The zero-order valence-corrected chi connectivity index (χ0v) is 27.2. The Kier molecular flexibility index (Phi) is 12.0. The average molecular weight is 640 g/mol. The lowest BCUT2D eigenvalue weighted by Crippen LogP contribution is -2.58. The molecule has 0 fully saturated rings. The highest BCUT2D eigenvalue weighted by atomic mass is 16.6. The van der Waals surface area contributed by atoms with Gasteiger partial charge in [-0.25, -0.2) is 14.4 Å². The van der Waals surface area contributed by atoms with Gasteiger partial charge in [-0.3, -0.25) is 0 Å². The third kappa shape index (κ3) is 10.6. The van der Waals surface area contributed by atoms with Crippen LogP contribution in [0.1, 0.15) is 54.2 Å². The molecule has 9 heteroatoms. The molecule has 0 aliphatic heterocycles. The van der Waals surface area contributed by atoms with Gasteiger partial charge < -0.3 is 29.0 Å². The predicted octanol–water partition coefficient (Wildman–Crippen LogP) is 7.07. The molecular formula is C38H41NO8. The number of alkyl carbamates (subject to hydrolysis) is 1. The monoisotopic (exact) mass is 639 g/mol. The van der Waals surface area contributed by atoms with Crippen molar-refractivity contribution in [3.05, 3.63) is 131 Å². The Bertz CT molecular complexity index is 1600. The van der Waals surface area contributed by atoms with Gasteiger partial charge in [-0.05, 0) is 61.7 Å². The van der Waals surface area contributed by atoms with Crippen LogP contribution in [0.15, 0.2) is 109 Å². The van der Waals surface area contributed by atoms with Gasteiger partial charge in [0.2, 0.25) is 0 Å². The first-order chi connectivity index (χ1) is 22.6. The normalized spacial score (nSPS) is 12.3. The highest BCUT2D eigenvalue weighted by molar-refractivity contribution is 5.89. The van der Waals surface area contributed by atoms with Crippen molar-refractivity contribution >= 4 is 18.0 Å². The van der Waals surface area contributed by atoms with Crippen molar-refractivity contribution in [3.8, 4) is 11.5 Å². The number of carbonyl (C=O) groups excluding carboxylic acids is 3. The molecule has 0 saturated heterocycles. The summed E-state index contributed by atoms with van der Waals surface area (Å²) in [5, 5.41) is 2.74. The Balaban J connectivity index is 1.63. The van der Waals surface area contributed by atoms with Crippen LogP contribution in [0, 0.1) is 0 Å². The van der Waals surface area contributed by atoms with Crippen LogP contribution in [0.2, 0.25) is 0 Å². The number of hydrogen-bond acceptors (Lipinski definition) is 8. The molecule has 0 radical (unpaired) electrons. The van der Waals surface area contributed by atoms with E-state index in [4.69, 9.17) is 23.7 Å². The van der Waals surface area contributed by atoms with Crippen molar-refractivity contribution in [2.45, 2.75) is 58.0 Å². The quantitative estimate of drug-likeness (QED) is 0.115. The highest BCUT2D eigenvalue weighted by Crippen LogP contribution is 2.32. The van der Waals surface area contributed by atoms with E-state index in [1.165, 1.54) is 7.11 Å². The molecule has 1 atom stereocenters. The first kappa shape index (κ1) is 34.6. The lowest BCUT2D eigenvalue weighted by atomic mass is 9.87. The maximum atomic E-state index is 13.5. The Morgan fingerprint density at radius 2 is 1.23 bits per heavy atom. The molecule has 9 nitrogen and oxygen atoms in total. The van der Waals surface area contributed by atoms with Gasteiger partial charge in [0.1, 0.15) is 24.4 Å². The number of ether oxygens (including phenoxy) is 5. The van der Waals surface area contributed by atoms with E-state index >= 15 is 0 Å². The standard InChI is InChI=1S/C38H41NO8/c1-37(2,3)47-36(42)39-38(35(41)43-4,22-23-44-34(40)31-18-12-7-13-19-31)25-30-20-21-32(45-26-28-14-8-5-9-15-28)33(24-30)46-27-29-16-10-6-11-17-29/h5-21,24H,22-23,25-27H2,1-4H3,(H,39,42)/t38-/m1/s1. The smallest absolute Gasteiger partial charge is 0.408 e. The second kappa shape index (κ2) is 16.3. The van der Waals surface area contributed by atoms with E-state index in [2.05, 4.69) is 5.32 Å². The summed E-state index contributed by atoms with van der Waals surface area (Å²) in [5.74, 6) is -0.323. The minimum Gasteiger partial charge on any atom is -0.485 e. The largest absolute Gasteiger partial charge is 0.485 e. The number of esters is 2. The van der Waals surface area contributed by atoms with Gasteiger partial charge in [-0.1, -0.05) is 84.9 Å². The maximum Gasteiger partial charge on any atom is 0.408 e. The summed E-state index contributed by atoms with van der Waals surface area (Å²) in [4.78, 5) is 39.3. The molecule has 47 heavy (non-hydrogen) atoms. The molecule has 0 bridgehead atoms. The minimum absolute atomic E-state index is 0.0253. The number of amides is 1. The van der Waals surface area contributed by atoms with Gasteiger partial charge >= 0.3 is 18.0 Å². The molecule has 0 aliphatic carbocycles. The average Bonchev–Trinajstić information content (AvgIpc) is 3.06. The number of benzene rings is 4. The molecule has 0 saturated carbocycles. The van der Waals surface area contributed by atoms with E-state index in [9.17, 15) is 14.4 Å². The van der Waals surface area contributed by atoms with Crippen LogP contribution in [0.25, 0.3) is 0 Å². The lowest BCUT2D eigenvalue weighted by Gasteiger charge is -2.33. The molecule has 0 aliphatic rings. The molecule has 4 aromatic carbocycles. The molecule has 1 amide bonds. The van der Waals surface area contributed by atoms with Gasteiger partial charge in [0.05, 0.1) is 19.3 Å². The summed E-state index contributed by atoms with van der Waals surface area (Å²) >= 11 is 0. The van der Waals surface area contributed by atoms with E-state index in [0.29, 0.717) is 29.2 Å². The number of nitrogens with one attached hydrogen (secondary N) is 1. The molecular weight excluding hydrogens is 598 g/mol. The Hall–Kier alpha value is -5.31. The third-order valence-corrected chi connectivity index (χ3v) is 7.08. The maximum absolute atomic E-state index is 13.5. The fourth-order valence-corrected chi connectivity index (χ4v) is 4.80. The van der Waals surface area contributed by atoms with Crippen molar-refractivity contribution in [1.82, 2.24) is 5.32 Å². The number of methoxy groups -OCH3 is 1. The van der Waals surface area contributed by atoms with E-state index in [1.807, 2.05) is 60.7 Å². The van der Waals surface area contributed by atoms with Gasteiger partial charge in [-0.15, -0.1) is 0 Å². The Morgan fingerprint density at radius 1 is 0.681 bits per heavy atom. The highest BCUT2D eigenvalue weighted by Gasteiger charge is 2.43. The van der Waals surface area contributed by atoms with Crippen LogP contribution in [-0.2, 0) is 38.6 Å². The molecule has 246 valence electrons. The minimum atomic E-state index is -1.66. The van der Waals surface area contributed by atoms with Crippen LogP contribution in [0.3, 0.4) is 0 Å². The van der Waals surface area contributed by atoms with Crippen molar-refractivity contribution in [3.63, 3.8) is 0 Å². The van der Waals surface area contributed by atoms with Crippen LogP contribution in [0.4, 0.5) is 4.79 Å². The van der Waals surface area contributed by atoms with Gasteiger partial charge in [0, 0.05) is 12.8 Å². The summed E-state index contributed by atoms with van der Waals surface area (Å²) in [6.07, 6.45) is -0.937. The number of rotatable bonds is 14. The van der Waals surface area contributed by atoms with Crippen molar-refractivity contribution in [2.75, 3.05) is 13.7 Å². The molecule has 0 aromatic heterocycles. The van der Waals surface area contributed by atoms with Crippen LogP contribution < -0.4 is 14.8 Å². The first-order valence-electron chi connectivity index (χ1n) is 15.3. The zero-order chi connectivity index (χ0) is 33.7. The first-order valence-corrected chi connectivity index (χ1v) is 15.3. The molecule has 0 unspecified atom stereocenters. The number of hydrogen-bond donors (Lipinski definition) is 1. The van der Waals surface area contributed by atoms with Crippen molar-refractivity contribution < 1.29 is 38.1 Å². The molecule has 4 rings (SSSR count). The van der Waals surface area contributed by atoms with Crippen LogP contribution in [0.5, 0.6) is 11.5 Å².